The Labute approximate surface area is 149 Å². The van der Waals surface area contributed by atoms with Gasteiger partial charge in [0.05, 0.1) is 0 Å². The number of nitrogens with one attached hydrogen (secondary N) is 1. The summed E-state index contributed by atoms with van der Waals surface area (Å²) in [6.07, 6.45) is 5.58. The lowest BCUT2D eigenvalue weighted by atomic mass is 9.95. The zero-order chi connectivity index (χ0) is 15.8. The van der Waals surface area contributed by atoms with Crippen LogP contribution in [0, 0.1) is 11.8 Å². The highest BCUT2D eigenvalue weighted by Crippen LogP contribution is 2.44. The smallest absolute Gasteiger partial charge is 0.169 e. The van der Waals surface area contributed by atoms with Crippen LogP contribution in [0.3, 0.4) is 0 Å². The van der Waals surface area contributed by atoms with Gasteiger partial charge in [-0.2, -0.15) is 0 Å². The molecular weight excluding hydrogens is 326 g/mol. The van der Waals surface area contributed by atoms with Gasteiger partial charge in [-0.3, -0.25) is 0 Å². The maximum absolute atomic E-state index is 6.10. The summed E-state index contributed by atoms with van der Waals surface area (Å²) in [6.45, 7) is 3.97. The predicted molar refractivity (Wildman–Crippen MR) is 100 cm³/mol. The van der Waals surface area contributed by atoms with E-state index < -0.39 is 0 Å². The summed E-state index contributed by atoms with van der Waals surface area (Å²) < 4.78 is 0. The Bertz CT molecular complexity index is 585. The largest absolute Gasteiger partial charge is 0.368 e. The van der Waals surface area contributed by atoms with Crippen molar-refractivity contribution in [2.24, 2.45) is 11.8 Å². The summed E-state index contributed by atoms with van der Waals surface area (Å²) in [6, 6.07) is 8.75. The zero-order valence-corrected chi connectivity index (χ0v) is 15.0. The fraction of sp³-hybridized carbons (Fsp3) is 0.611. The number of benzene rings is 1. The van der Waals surface area contributed by atoms with Crippen molar-refractivity contribution in [2.75, 3.05) is 31.1 Å². The van der Waals surface area contributed by atoms with Gasteiger partial charge in [0.2, 0.25) is 0 Å². The molecular formula is C18H24ClN3S. The molecule has 0 unspecified atom stereocenters. The van der Waals surface area contributed by atoms with Crippen LogP contribution in [0.1, 0.15) is 25.7 Å². The van der Waals surface area contributed by atoms with Crippen LogP contribution >= 0.6 is 23.8 Å². The number of halogens is 1. The van der Waals surface area contributed by atoms with Gasteiger partial charge in [0.25, 0.3) is 0 Å². The zero-order valence-electron chi connectivity index (χ0n) is 13.4. The highest BCUT2D eigenvalue weighted by atomic mass is 35.5. The molecule has 1 N–H and O–H groups in total. The molecule has 0 radical (unpaired) electrons. The summed E-state index contributed by atoms with van der Waals surface area (Å²) in [5.41, 5.74) is 1.21. The summed E-state index contributed by atoms with van der Waals surface area (Å²) in [5, 5.41) is 5.43. The third-order valence-corrected chi connectivity index (χ3v) is 6.40. The molecule has 3 nitrogen and oxygen atoms in total. The molecule has 1 saturated heterocycles. The van der Waals surface area contributed by atoms with E-state index in [1.54, 1.807) is 0 Å². The Balaban J connectivity index is 1.30. The molecule has 2 bridgehead atoms. The minimum absolute atomic E-state index is 0.632. The van der Waals surface area contributed by atoms with E-state index in [0.29, 0.717) is 6.04 Å². The van der Waals surface area contributed by atoms with Crippen molar-refractivity contribution in [1.82, 2.24) is 10.2 Å². The number of nitrogens with zero attached hydrogens (tertiary/aromatic N) is 2. The van der Waals surface area contributed by atoms with Crippen LogP contribution < -0.4 is 10.2 Å². The van der Waals surface area contributed by atoms with Gasteiger partial charge in [-0.1, -0.05) is 24.1 Å². The van der Waals surface area contributed by atoms with E-state index in [1.807, 2.05) is 18.2 Å². The summed E-state index contributed by atoms with van der Waals surface area (Å²) in [7, 11) is 0. The Kier molecular flexibility index (Phi) is 4.37. The first-order valence-electron chi connectivity index (χ1n) is 8.75. The predicted octanol–water partition coefficient (Wildman–Crippen LogP) is 3.53. The van der Waals surface area contributed by atoms with Gasteiger partial charge in [0.1, 0.15) is 0 Å². The van der Waals surface area contributed by atoms with E-state index in [9.17, 15) is 0 Å². The van der Waals surface area contributed by atoms with Crippen molar-refractivity contribution in [1.29, 1.82) is 0 Å². The molecule has 1 aliphatic heterocycles. The molecule has 23 heavy (non-hydrogen) atoms. The molecule has 3 aliphatic rings. The molecule has 2 aliphatic carbocycles. The summed E-state index contributed by atoms with van der Waals surface area (Å²) >= 11 is 11.8. The van der Waals surface area contributed by atoms with Gasteiger partial charge >= 0.3 is 0 Å². The topological polar surface area (TPSA) is 18.5 Å². The fourth-order valence-corrected chi connectivity index (χ4v) is 5.03. The van der Waals surface area contributed by atoms with E-state index >= 15 is 0 Å². The molecule has 0 spiro atoms. The number of rotatable bonds is 2. The molecule has 5 heteroatoms. The molecule has 1 heterocycles. The average molecular weight is 350 g/mol. The van der Waals surface area contributed by atoms with Crippen LogP contribution in [0.15, 0.2) is 24.3 Å². The van der Waals surface area contributed by atoms with Crippen molar-refractivity contribution in [3.05, 3.63) is 29.3 Å². The van der Waals surface area contributed by atoms with Gasteiger partial charge in [0.15, 0.2) is 5.11 Å². The highest BCUT2D eigenvalue weighted by Gasteiger charge is 2.40. The normalized spacial score (nSPS) is 29.9. The second-order valence-electron chi connectivity index (χ2n) is 7.18. The van der Waals surface area contributed by atoms with E-state index in [0.717, 1.165) is 48.1 Å². The lowest BCUT2D eigenvalue weighted by Crippen LogP contribution is -2.54. The highest BCUT2D eigenvalue weighted by molar-refractivity contribution is 7.80. The fourth-order valence-electron chi connectivity index (χ4n) is 4.51. The second kappa shape index (κ2) is 6.48. The van der Waals surface area contributed by atoms with Crippen molar-refractivity contribution in [3.8, 4) is 0 Å². The maximum Gasteiger partial charge on any atom is 0.169 e. The number of anilines is 1. The standard InChI is InChI=1S/C18H24ClN3S/c19-15-2-1-3-16(12-15)21-6-8-22(9-7-21)18(23)20-17-11-13-4-5-14(17)10-13/h1-3,12-14,17H,4-11H2,(H,20,23)/t13-,14+,17+/m0/s1. The quantitative estimate of drug-likeness (QED) is 0.823. The molecule has 1 aromatic carbocycles. The Morgan fingerprint density at radius 3 is 2.61 bits per heavy atom. The SMILES string of the molecule is S=C(N[C@@H]1C[C@H]2CC[C@@H]1C2)N1CCN(c2cccc(Cl)c2)CC1. The van der Waals surface area contributed by atoms with Crippen molar-refractivity contribution in [3.63, 3.8) is 0 Å². The third kappa shape index (κ3) is 3.29. The first-order chi connectivity index (χ1) is 11.2. The summed E-state index contributed by atoms with van der Waals surface area (Å²) in [5.74, 6) is 1.82. The molecule has 3 atom stereocenters. The first-order valence-corrected chi connectivity index (χ1v) is 9.53. The average Bonchev–Trinajstić information content (AvgIpc) is 3.18. The van der Waals surface area contributed by atoms with Crippen molar-refractivity contribution < 1.29 is 0 Å². The number of fused-ring (bicyclic) bond motifs is 2. The van der Waals surface area contributed by atoms with E-state index in [-0.39, 0.29) is 0 Å². The van der Waals surface area contributed by atoms with Crippen molar-refractivity contribution in [2.45, 2.75) is 31.7 Å². The van der Waals surface area contributed by atoms with Gasteiger partial charge in [-0.15, -0.1) is 0 Å². The molecule has 0 aromatic heterocycles. The van der Waals surface area contributed by atoms with Gasteiger partial charge in [0, 0.05) is 42.9 Å². The lowest BCUT2D eigenvalue weighted by molar-refractivity contribution is 0.345. The minimum atomic E-state index is 0.632. The third-order valence-electron chi connectivity index (χ3n) is 5.79. The summed E-state index contributed by atoms with van der Waals surface area (Å²) in [4.78, 5) is 4.73. The van der Waals surface area contributed by atoms with Crippen LogP contribution in [0.5, 0.6) is 0 Å². The Morgan fingerprint density at radius 2 is 1.96 bits per heavy atom. The molecule has 3 fully saturated rings. The lowest BCUT2D eigenvalue weighted by Gasteiger charge is -2.38. The van der Waals surface area contributed by atoms with Gasteiger partial charge in [-0.25, -0.2) is 0 Å². The Hall–Kier alpha value is -1.00. The van der Waals surface area contributed by atoms with Crippen LogP contribution in [0.2, 0.25) is 5.02 Å². The monoisotopic (exact) mass is 349 g/mol. The molecule has 1 aromatic rings. The number of hydrogen-bond acceptors (Lipinski definition) is 2. The van der Waals surface area contributed by atoms with Crippen LogP contribution in [0.25, 0.3) is 0 Å². The molecule has 124 valence electrons. The molecule has 4 rings (SSSR count). The van der Waals surface area contributed by atoms with E-state index in [1.165, 1.54) is 31.4 Å². The Morgan fingerprint density at radius 1 is 1.13 bits per heavy atom. The minimum Gasteiger partial charge on any atom is -0.368 e. The van der Waals surface area contributed by atoms with Gasteiger partial charge in [-0.05, 0) is 61.5 Å². The second-order valence-corrected chi connectivity index (χ2v) is 8.01. The van der Waals surface area contributed by atoms with Gasteiger partial charge < -0.3 is 15.1 Å². The number of hydrogen-bond donors (Lipinski definition) is 1. The first kappa shape index (κ1) is 15.5. The number of thiocarbonyl (C=S) groups is 1. The van der Waals surface area contributed by atoms with Crippen molar-refractivity contribution >= 4 is 34.6 Å². The van der Waals surface area contributed by atoms with Crippen LogP contribution in [-0.4, -0.2) is 42.2 Å². The van der Waals surface area contributed by atoms with E-state index in [4.69, 9.17) is 23.8 Å². The maximum atomic E-state index is 6.10. The number of piperazine rings is 1. The molecule has 2 saturated carbocycles. The van der Waals surface area contributed by atoms with Crippen LogP contribution in [0.4, 0.5) is 5.69 Å². The van der Waals surface area contributed by atoms with Crippen LogP contribution in [-0.2, 0) is 0 Å². The molecule has 0 amide bonds. The van der Waals surface area contributed by atoms with E-state index in [2.05, 4.69) is 21.2 Å².